The minimum Gasteiger partial charge on any atom is -0.284 e. The van der Waals surface area contributed by atoms with Gasteiger partial charge >= 0.3 is 6.18 Å². The van der Waals surface area contributed by atoms with Gasteiger partial charge in [0, 0.05) is 19.2 Å². The molecule has 0 N–H and O–H groups in total. The van der Waals surface area contributed by atoms with Gasteiger partial charge in [0.1, 0.15) is 6.04 Å². The fourth-order valence-electron chi connectivity index (χ4n) is 2.86. The second-order valence-electron chi connectivity index (χ2n) is 5.21. The van der Waals surface area contributed by atoms with E-state index in [0.717, 1.165) is 18.8 Å². The second-order valence-corrected chi connectivity index (χ2v) is 5.21. The minimum absolute atomic E-state index is 0.00854. The van der Waals surface area contributed by atoms with Crippen LogP contribution < -0.4 is 0 Å². The Morgan fingerprint density at radius 3 is 2.59 bits per heavy atom. The molecule has 0 amide bonds. The molecule has 0 spiro atoms. The van der Waals surface area contributed by atoms with Crippen LogP contribution in [0.1, 0.15) is 39.0 Å². The molecule has 0 bridgehead atoms. The maximum absolute atomic E-state index is 12.7. The van der Waals surface area contributed by atoms with Crippen molar-refractivity contribution in [2.45, 2.75) is 51.2 Å². The summed E-state index contributed by atoms with van der Waals surface area (Å²) in [5, 5.41) is 5.11. The zero-order valence-electron chi connectivity index (χ0n) is 10.1. The molecule has 1 unspecified atom stereocenters. The lowest BCUT2D eigenvalue weighted by Crippen LogP contribution is -2.44. The molecule has 0 aromatic heterocycles. The van der Waals surface area contributed by atoms with Crippen LogP contribution in [0.3, 0.4) is 0 Å². The molecule has 1 aliphatic heterocycles. The number of halogens is 3. The smallest absolute Gasteiger partial charge is 0.284 e. The molecule has 0 aromatic carbocycles. The van der Waals surface area contributed by atoms with E-state index in [9.17, 15) is 13.2 Å². The SMILES string of the molecule is CCC[C@H]1C[C@@H](CN2N=CCC2C(F)(F)F)C1. The molecular weight excluding hydrogens is 229 g/mol. The highest BCUT2D eigenvalue weighted by Crippen LogP contribution is 2.39. The van der Waals surface area contributed by atoms with E-state index in [2.05, 4.69) is 12.0 Å². The first kappa shape index (κ1) is 12.7. The summed E-state index contributed by atoms with van der Waals surface area (Å²) in [4.78, 5) is 0. The van der Waals surface area contributed by atoms with Crippen LogP contribution in [0.15, 0.2) is 5.10 Å². The Hall–Kier alpha value is -0.740. The van der Waals surface area contributed by atoms with Crippen molar-refractivity contribution in [2.75, 3.05) is 6.54 Å². The molecule has 1 aliphatic carbocycles. The topological polar surface area (TPSA) is 15.6 Å². The van der Waals surface area contributed by atoms with E-state index >= 15 is 0 Å². The van der Waals surface area contributed by atoms with Gasteiger partial charge in [-0.1, -0.05) is 19.8 Å². The highest BCUT2D eigenvalue weighted by molar-refractivity contribution is 5.60. The van der Waals surface area contributed by atoms with Gasteiger partial charge in [-0.2, -0.15) is 18.3 Å². The number of nitrogens with zero attached hydrogens (tertiary/aromatic N) is 2. The molecule has 0 saturated heterocycles. The summed E-state index contributed by atoms with van der Waals surface area (Å²) in [5.74, 6) is 1.15. The van der Waals surface area contributed by atoms with Crippen molar-refractivity contribution in [1.82, 2.24) is 5.01 Å². The maximum Gasteiger partial charge on any atom is 0.410 e. The number of alkyl halides is 3. The van der Waals surface area contributed by atoms with E-state index in [1.54, 1.807) is 0 Å². The Bertz CT molecular complexity index is 282. The average molecular weight is 248 g/mol. The monoisotopic (exact) mass is 248 g/mol. The number of hydrogen-bond donors (Lipinski definition) is 0. The first-order chi connectivity index (χ1) is 8.00. The average Bonchev–Trinajstić information content (AvgIpc) is 2.62. The maximum atomic E-state index is 12.7. The van der Waals surface area contributed by atoms with Crippen molar-refractivity contribution in [3.63, 3.8) is 0 Å². The first-order valence-electron chi connectivity index (χ1n) is 6.36. The molecule has 1 fully saturated rings. The molecule has 0 radical (unpaired) electrons. The fraction of sp³-hybridized carbons (Fsp3) is 0.917. The number of rotatable bonds is 4. The Morgan fingerprint density at radius 1 is 1.29 bits per heavy atom. The number of hydrazone groups is 1. The molecule has 5 heteroatoms. The van der Waals surface area contributed by atoms with E-state index in [1.165, 1.54) is 24.1 Å². The van der Waals surface area contributed by atoms with Gasteiger partial charge in [0.15, 0.2) is 0 Å². The van der Waals surface area contributed by atoms with E-state index in [1.807, 2.05) is 0 Å². The summed E-state index contributed by atoms with van der Waals surface area (Å²) < 4.78 is 38.0. The van der Waals surface area contributed by atoms with E-state index in [4.69, 9.17) is 0 Å². The van der Waals surface area contributed by atoms with Crippen LogP contribution in [0, 0.1) is 11.8 Å². The van der Waals surface area contributed by atoms with Crippen LogP contribution in [0.25, 0.3) is 0 Å². The largest absolute Gasteiger partial charge is 0.410 e. The molecule has 2 aliphatic rings. The Labute approximate surface area is 99.9 Å². The van der Waals surface area contributed by atoms with Gasteiger partial charge < -0.3 is 0 Å². The summed E-state index contributed by atoms with van der Waals surface area (Å²) in [7, 11) is 0. The van der Waals surface area contributed by atoms with E-state index in [0.29, 0.717) is 12.5 Å². The Kier molecular flexibility index (Phi) is 3.64. The van der Waals surface area contributed by atoms with E-state index < -0.39 is 12.2 Å². The molecule has 98 valence electrons. The molecule has 1 atom stereocenters. The summed E-state index contributed by atoms with van der Waals surface area (Å²) in [5.41, 5.74) is 0. The zero-order valence-corrected chi connectivity index (χ0v) is 10.1. The van der Waals surface area contributed by atoms with Crippen molar-refractivity contribution in [1.29, 1.82) is 0 Å². The lowest BCUT2D eigenvalue weighted by atomic mass is 9.72. The molecule has 1 heterocycles. The highest BCUT2D eigenvalue weighted by atomic mass is 19.4. The van der Waals surface area contributed by atoms with Crippen LogP contribution in [0.4, 0.5) is 13.2 Å². The lowest BCUT2D eigenvalue weighted by molar-refractivity contribution is -0.181. The predicted octanol–water partition coefficient (Wildman–Crippen LogP) is 3.44. The zero-order chi connectivity index (χ0) is 12.5. The predicted molar refractivity (Wildman–Crippen MR) is 60.8 cm³/mol. The molecular formula is C12H19F3N2. The van der Waals surface area contributed by atoms with E-state index in [-0.39, 0.29) is 6.42 Å². The van der Waals surface area contributed by atoms with Gasteiger partial charge in [0.2, 0.25) is 0 Å². The van der Waals surface area contributed by atoms with Crippen molar-refractivity contribution in [2.24, 2.45) is 16.9 Å². The molecule has 2 nitrogen and oxygen atoms in total. The third kappa shape index (κ3) is 2.93. The normalized spacial score (nSPS) is 32.9. The Morgan fingerprint density at radius 2 is 2.00 bits per heavy atom. The van der Waals surface area contributed by atoms with Crippen molar-refractivity contribution in [3.8, 4) is 0 Å². The fourth-order valence-corrected chi connectivity index (χ4v) is 2.86. The molecule has 17 heavy (non-hydrogen) atoms. The molecule has 1 saturated carbocycles. The van der Waals surface area contributed by atoms with Gasteiger partial charge in [-0.3, -0.25) is 5.01 Å². The summed E-state index contributed by atoms with van der Waals surface area (Å²) in [6.07, 6.45) is 1.78. The first-order valence-corrected chi connectivity index (χ1v) is 6.36. The summed E-state index contributed by atoms with van der Waals surface area (Å²) >= 11 is 0. The molecule has 0 aromatic rings. The third-order valence-corrected chi connectivity index (χ3v) is 3.77. The number of hydrogen-bond acceptors (Lipinski definition) is 2. The van der Waals surface area contributed by atoms with Gasteiger partial charge in [-0.25, -0.2) is 0 Å². The van der Waals surface area contributed by atoms with Crippen LogP contribution in [-0.2, 0) is 0 Å². The Balaban J connectivity index is 1.78. The quantitative estimate of drug-likeness (QED) is 0.744. The summed E-state index contributed by atoms with van der Waals surface area (Å²) in [6, 6.07) is -1.38. The van der Waals surface area contributed by atoms with Crippen LogP contribution in [0.5, 0.6) is 0 Å². The second kappa shape index (κ2) is 4.86. The van der Waals surface area contributed by atoms with Gasteiger partial charge in [0.25, 0.3) is 0 Å². The highest BCUT2D eigenvalue weighted by Gasteiger charge is 2.46. The van der Waals surface area contributed by atoms with Crippen LogP contribution in [-0.4, -0.2) is 30.0 Å². The van der Waals surface area contributed by atoms with Crippen molar-refractivity contribution < 1.29 is 13.2 Å². The van der Waals surface area contributed by atoms with Gasteiger partial charge in [0.05, 0.1) is 0 Å². The van der Waals surface area contributed by atoms with Crippen molar-refractivity contribution in [3.05, 3.63) is 0 Å². The van der Waals surface area contributed by atoms with Crippen molar-refractivity contribution >= 4 is 6.21 Å². The van der Waals surface area contributed by atoms with Crippen LogP contribution >= 0.6 is 0 Å². The molecule has 2 rings (SSSR count). The lowest BCUT2D eigenvalue weighted by Gasteiger charge is -2.38. The summed E-state index contributed by atoms with van der Waals surface area (Å²) in [6.45, 7) is 2.62. The van der Waals surface area contributed by atoms with Gasteiger partial charge in [-0.05, 0) is 24.7 Å². The van der Waals surface area contributed by atoms with Crippen LogP contribution in [0.2, 0.25) is 0 Å². The van der Waals surface area contributed by atoms with Gasteiger partial charge in [-0.15, -0.1) is 0 Å². The minimum atomic E-state index is -4.15. The standard InChI is InChI=1S/C12H19F3N2/c1-2-3-9-6-10(7-9)8-17-11(4-5-16-17)12(13,14)15/h5,9-11H,2-4,6-8H2,1H3/t9-,10+,11?. The third-order valence-electron chi connectivity index (χ3n) is 3.77.